The fourth-order valence-electron chi connectivity index (χ4n) is 10.6. The largest absolute Gasteiger partial charge is 0.424 e. The molecule has 0 saturated heterocycles. The molecule has 2 aliphatic rings. The van der Waals surface area contributed by atoms with Crippen molar-refractivity contribution >= 4 is 51.8 Å². The smallest absolute Gasteiger partial charge is 0.345 e. The number of hydrogen-bond acceptors (Lipinski definition) is 12. The summed E-state index contributed by atoms with van der Waals surface area (Å²) in [4.78, 5) is 62.0. The number of esters is 2. The van der Waals surface area contributed by atoms with Gasteiger partial charge in [-0.1, -0.05) is 212 Å². The topological polar surface area (TPSA) is 145 Å². The van der Waals surface area contributed by atoms with Crippen molar-refractivity contribution in [2.45, 2.75) is 50.0 Å². The lowest BCUT2D eigenvalue weighted by Crippen LogP contribution is -2.54. The first-order valence-electron chi connectivity index (χ1n) is 27.7. The molecule has 0 unspecified atom stereocenters. The van der Waals surface area contributed by atoms with E-state index in [0.717, 1.165) is 67.6 Å². The molecule has 10 aromatic carbocycles. The summed E-state index contributed by atoms with van der Waals surface area (Å²) in [6.07, 6.45) is 0. The minimum absolute atomic E-state index is 0.102. The number of fused-ring (bicyclic) bond motifs is 2. The van der Waals surface area contributed by atoms with Gasteiger partial charge in [0.1, 0.15) is 11.5 Å². The number of ether oxygens (including phenoxy) is 2. The number of para-hydroxylation sites is 5. The Bertz CT molecular complexity index is 3940. The quantitative estimate of drug-likeness (QED) is 0.0421. The van der Waals surface area contributed by atoms with Crippen molar-refractivity contribution in [2.24, 2.45) is 9.98 Å². The maximum Gasteiger partial charge on any atom is 0.345 e. The Labute approximate surface area is 493 Å². The lowest BCUT2D eigenvalue weighted by Gasteiger charge is -2.43. The van der Waals surface area contributed by atoms with Gasteiger partial charge >= 0.3 is 11.9 Å². The molecule has 85 heavy (non-hydrogen) atoms. The van der Waals surface area contributed by atoms with Crippen LogP contribution in [-0.2, 0) is 30.3 Å². The summed E-state index contributed by atoms with van der Waals surface area (Å²) in [5.74, 6) is -0.556. The predicted octanol–water partition coefficient (Wildman–Crippen LogP) is 15.7. The third-order valence-electron chi connectivity index (χ3n) is 14.6. The van der Waals surface area contributed by atoms with Crippen LogP contribution in [0.2, 0.25) is 0 Å². The molecule has 13 heteroatoms. The van der Waals surface area contributed by atoms with Crippen LogP contribution in [0.5, 0.6) is 11.5 Å². The molecule has 0 saturated carbocycles. The van der Waals surface area contributed by atoms with Crippen molar-refractivity contribution in [3.63, 3.8) is 0 Å². The number of nitrogens with zero attached hydrogens (tertiary/aromatic N) is 5. The van der Waals surface area contributed by atoms with Crippen LogP contribution < -0.4 is 19.6 Å². The molecule has 2 heterocycles. The van der Waals surface area contributed by atoms with Gasteiger partial charge in [0.2, 0.25) is 0 Å². The molecule has 12 rings (SSSR count). The molecule has 0 aliphatic carbocycles. The zero-order valence-electron chi connectivity index (χ0n) is 47.1. The SMILES string of the molecule is CC(C)(ON1c2ccccc2C(=Nc2ccccc2)C1(c1ccccc1)c1ccccc1)C(=O)Oc1ccc([N+](=O)[O-])cc1.CC(C)(ON1c2ccccc2C(=Nc2ccccc2)C1(c1ccccc1)c1ccccc1)C(=O)Oc1ccccc1. The van der Waals surface area contributed by atoms with Crippen molar-refractivity contribution in [1.29, 1.82) is 0 Å². The van der Waals surface area contributed by atoms with E-state index >= 15 is 0 Å². The maximum absolute atomic E-state index is 13.7. The lowest BCUT2D eigenvalue weighted by molar-refractivity contribution is -0.384. The molecule has 0 spiro atoms. The molecule has 0 bridgehead atoms. The van der Waals surface area contributed by atoms with Crippen molar-refractivity contribution < 1.29 is 33.7 Å². The number of non-ortho nitro benzene ring substituents is 1. The average molecular weight is 1120 g/mol. The molecular weight excluding hydrogens is 1060 g/mol. The molecule has 0 N–H and O–H groups in total. The van der Waals surface area contributed by atoms with Crippen molar-refractivity contribution in [3.05, 3.63) is 329 Å². The van der Waals surface area contributed by atoms with E-state index in [2.05, 4.69) is 30.3 Å². The molecule has 0 aromatic heterocycles. The highest BCUT2D eigenvalue weighted by molar-refractivity contribution is 6.21. The summed E-state index contributed by atoms with van der Waals surface area (Å²) < 4.78 is 11.4. The van der Waals surface area contributed by atoms with Gasteiger partial charge in [0.25, 0.3) is 5.69 Å². The number of nitro benzene ring substituents is 1. The van der Waals surface area contributed by atoms with E-state index in [9.17, 15) is 19.7 Å². The van der Waals surface area contributed by atoms with Crippen molar-refractivity contribution in [3.8, 4) is 11.5 Å². The van der Waals surface area contributed by atoms with E-state index in [1.807, 2.05) is 223 Å². The number of nitro groups is 1. The Morgan fingerprint density at radius 3 is 1.00 bits per heavy atom. The van der Waals surface area contributed by atoms with E-state index in [1.165, 1.54) is 24.3 Å². The van der Waals surface area contributed by atoms with Gasteiger partial charge in [-0.3, -0.25) is 19.8 Å². The molecule has 0 atom stereocenters. The summed E-state index contributed by atoms with van der Waals surface area (Å²) in [6, 6.07) is 90.1. The molecule has 0 fully saturated rings. The van der Waals surface area contributed by atoms with Gasteiger partial charge in [-0.05, 0) is 111 Å². The van der Waals surface area contributed by atoms with Gasteiger partial charge in [0.05, 0.1) is 39.1 Å². The number of rotatable bonds is 15. The molecule has 2 aliphatic heterocycles. The Balaban J connectivity index is 0.000000177. The van der Waals surface area contributed by atoms with Crippen LogP contribution in [0.4, 0.5) is 28.4 Å². The number of anilines is 2. The predicted molar refractivity (Wildman–Crippen MR) is 332 cm³/mol. The van der Waals surface area contributed by atoms with Gasteiger partial charge in [-0.2, -0.15) is 0 Å². The first-order valence-corrected chi connectivity index (χ1v) is 27.7. The molecule has 10 aromatic rings. The first kappa shape index (κ1) is 56.3. The monoisotopic (exact) mass is 1120 g/mol. The van der Waals surface area contributed by atoms with E-state index in [-0.39, 0.29) is 11.4 Å². The minimum Gasteiger partial charge on any atom is -0.424 e. The number of hydrogen-bond donors (Lipinski definition) is 0. The number of hydroxylamine groups is 2. The number of benzene rings is 10. The summed E-state index contributed by atoms with van der Waals surface area (Å²) in [5.41, 5.74) is 4.98. The van der Waals surface area contributed by atoms with Gasteiger partial charge in [0, 0.05) is 23.3 Å². The normalized spacial score (nSPS) is 14.8. The molecular formula is C72H59N5O8. The Morgan fingerprint density at radius 1 is 0.388 bits per heavy atom. The number of carbonyl (C=O) groups excluding carboxylic acids is 2. The van der Waals surface area contributed by atoms with E-state index in [4.69, 9.17) is 29.1 Å². The minimum atomic E-state index is -1.51. The second-order valence-corrected chi connectivity index (χ2v) is 21.1. The lowest BCUT2D eigenvalue weighted by atomic mass is 9.78. The van der Waals surface area contributed by atoms with Crippen LogP contribution in [0.3, 0.4) is 0 Å². The van der Waals surface area contributed by atoms with Crippen LogP contribution in [0.1, 0.15) is 61.1 Å². The highest BCUT2D eigenvalue weighted by Crippen LogP contribution is 2.53. The number of aliphatic imine (C=N–C) groups is 2. The fraction of sp³-hybridized carbons (Fsp3) is 0.111. The van der Waals surface area contributed by atoms with Crippen LogP contribution in [-0.4, -0.2) is 39.5 Å². The van der Waals surface area contributed by atoms with Gasteiger partial charge in [0.15, 0.2) is 22.3 Å². The molecule has 13 nitrogen and oxygen atoms in total. The van der Waals surface area contributed by atoms with Crippen molar-refractivity contribution in [1.82, 2.24) is 0 Å². The Morgan fingerprint density at radius 2 is 0.671 bits per heavy atom. The zero-order valence-corrected chi connectivity index (χ0v) is 47.1. The Kier molecular flexibility index (Phi) is 15.9. The van der Waals surface area contributed by atoms with Crippen molar-refractivity contribution in [2.75, 3.05) is 10.1 Å². The average Bonchev–Trinajstić information content (AvgIpc) is 1.70. The summed E-state index contributed by atoms with van der Waals surface area (Å²) in [5, 5.41) is 14.7. The fourth-order valence-corrected chi connectivity index (χ4v) is 10.6. The van der Waals surface area contributed by atoms with Gasteiger partial charge in [-0.15, -0.1) is 0 Å². The van der Waals surface area contributed by atoms with Gasteiger partial charge < -0.3 is 9.47 Å². The van der Waals surface area contributed by atoms with Crippen LogP contribution >= 0.6 is 0 Å². The molecule has 0 radical (unpaired) electrons. The standard InChI is InChI=1S/C36H29N3O5.C36H30N2O3/c1-35(2,34(40)43-30-24-22-29(23-25-30)39(41)42)44-38-32-21-13-12-20-31(32)33(37-28-18-10-5-11-19-28)36(38,26-14-6-3-7-15-26)27-16-8-4-9-17-27;1-35(2,34(39)40-30-23-13-6-14-24-30)41-38-32-26-16-15-25-31(32)33(37-29-21-11-5-12-22-29)36(38,27-17-7-3-8-18-27)28-19-9-4-10-20-28/h3-25H,1-2H3;3-26H,1-2H3. The Hall–Kier alpha value is -10.6. The maximum atomic E-state index is 13.7. The van der Waals surface area contributed by atoms with E-state index in [0.29, 0.717) is 5.75 Å². The summed E-state index contributed by atoms with van der Waals surface area (Å²) >= 11 is 0. The van der Waals surface area contributed by atoms with Crippen LogP contribution in [0.25, 0.3) is 0 Å². The number of carbonyl (C=O) groups is 2. The highest BCUT2D eigenvalue weighted by atomic mass is 16.7. The second kappa shape index (κ2) is 24.1. The third kappa shape index (κ3) is 11.1. The molecule has 0 amide bonds. The summed E-state index contributed by atoms with van der Waals surface area (Å²) in [7, 11) is 0. The summed E-state index contributed by atoms with van der Waals surface area (Å²) in [6.45, 7) is 6.73. The van der Waals surface area contributed by atoms with E-state index in [1.54, 1.807) is 44.9 Å². The van der Waals surface area contributed by atoms with Gasteiger partial charge in [-0.25, -0.2) is 29.7 Å². The zero-order chi connectivity index (χ0) is 59.0. The van der Waals surface area contributed by atoms with Crippen LogP contribution in [0.15, 0.2) is 295 Å². The second-order valence-electron chi connectivity index (χ2n) is 21.1. The first-order chi connectivity index (χ1) is 41.3. The van der Waals surface area contributed by atoms with Crippen LogP contribution in [0, 0.1) is 10.1 Å². The third-order valence-corrected chi connectivity index (χ3v) is 14.6. The molecule has 420 valence electrons. The highest BCUT2D eigenvalue weighted by Gasteiger charge is 2.57. The van der Waals surface area contributed by atoms with E-state index < -0.39 is 39.1 Å².